The third-order valence-corrected chi connectivity index (χ3v) is 6.77. The van der Waals surface area contributed by atoms with Gasteiger partial charge >= 0.3 is 0 Å². The van der Waals surface area contributed by atoms with Crippen molar-refractivity contribution in [1.82, 2.24) is 9.66 Å². The smallest absolute Gasteiger partial charge is 0.262 e. The summed E-state index contributed by atoms with van der Waals surface area (Å²) in [5.41, 5.74) is 4.05. The first-order valence-electron chi connectivity index (χ1n) is 10.8. The van der Waals surface area contributed by atoms with Gasteiger partial charge in [-0.25, -0.2) is 9.67 Å². The van der Waals surface area contributed by atoms with E-state index in [2.05, 4.69) is 25.8 Å². The molecule has 4 rings (SSSR count). The molecule has 3 aromatic rings. The number of pyridine rings is 1. The topological polar surface area (TPSA) is 85.7 Å². The number of nitro benzene ring substituents is 1. The van der Waals surface area contributed by atoms with E-state index in [1.807, 2.05) is 22.2 Å². The average molecular weight is 450 g/mol. The Bertz CT molecular complexity index is 1180. The van der Waals surface area contributed by atoms with Crippen LogP contribution in [0.4, 0.5) is 11.4 Å². The van der Waals surface area contributed by atoms with Crippen LogP contribution in [-0.2, 0) is 0 Å². The number of nitro groups is 1. The van der Waals surface area contributed by atoms with Gasteiger partial charge in [-0.2, -0.15) is 5.10 Å². The lowest BCUT2D eigenvalue weighted by molar-refractivity contribution is -0.384. The van der Waals surface area contributed by atoms with Gasteiger partial charge in [0.05, 0.1) is 22.5 Å². The lowest BCUT2D eigenvalue weighted by Gasteiger charge is -2.34. The summed E-state index contributed by atoms with van der Waals surface area (Å²) in [4.78, 5) is 20.3. The molecule has 0 radical (unpaired) electrons. The van der Waals surface area contributed by atoms with E-state index in [9.17, 15) is 10.1 Å². The number of aromatic nitrogens is 2. The van der Waals surface area contributed by atoms with E-state index >= 15 is 0 Å². The molecule has 0 N–H and O–H groups in total. The van der Waals surface area contributed by atoms with Crippen molar-refractivity contribution in [2.45, 2.75) is 46.5 Å². The van der Waals surface area contributed by atoms with Crippen LogP contribution in [0, 0.1) is 21.4 Å². The van der Waals surface area contributed by atoms with Crippen LogP contribution in [0.5, 0.6) is 0 Å². The zero-order valence-corrected chi connectivity index (χ0v) is 19.4. The van der Waals surface area contributed by atoms with Crippen LogP contribution in [0.1, 0.15) is 46.5 Å². The molecule has 1 aromatic carbocycles. The van der Waals surface area contributed by atoms with E-state index < -0.39 is 0 Å². The number of rotatable bonds is 4. The van der Waals surface area contributed by atoms with Gasteiger partial charge in [-0.05, 0) is 61.3 Å². The van der Waals surface area contributed by atoms with Gasteiger partial charge < -0.3 is 0 Å². The van der Waals surface area contributed by atoms with Gasteiger partial charge in [0.1, 0.15) is 0 Å². The Morgan fingerprint density at radius 2 is 1.88 bits per heavy atom. The van der Waals surface area contributed by atoms with Gasteiger partial charge in [0.2, 0.25) is 4.80 Å². The summed E-state index contributed by atoms with van der Waals surface area (Å²) in [7, 11) is 0. The quantitative estimate of drug-likeness (QED) is 0.351. The first-order valence-corrected chi connectivity index (χ1v) is 11.7. The van der Waals surface area contributed by atoms with Crippen molar-refractivity contribution in [3.8, 4) is 11.3 Å². The van der Waals surface area contributed by atoms with Crippen LogP contribution in [0.2, 0.25) is 0 Å². The first-order chi connectivity index (χ1) is 15.3. The summed E-state index contributed by atoms with van der Waals surface area (Å²) in [5, 5.41) is 18.1. The van der Waals surface area contributed by atoms with Crippen LogP contribution in [0.25, 0.3) is 11.3 Å². The molecule has 0 spiro atoms. The second-order valence-electron chi connectivity index (χ2n) is 9.15. The fourth-order valence-corrected chi connectivity index (χ4v) is 4.86. The lowest BCUT2D eigenvalue weighted by atomic mass is 9.72. The predicted molar refractivity (Wildman–Crippen MR) is 128 cm³/mol. The van der Waals surface area contributed by atoms with Gasteiger partial charge in [0.15, 0.2) is 0 Å². The van der Waals surface area contributed by atoms with Crippen LogP contribution in [-0.4, -0.2) is 20.3 Å². The minimum Gasteiger partial charge on any atom is -0.262 e. The summed E-state index contributed by atoms with van der Waals surface area (Å²) in [6, 6.07) is 10.3. The molecule has 0 bridgehead atoms. The van der Waals surface area contributed by atoms with Crippen LogP contribution in [0.15, 0.2) is 64.3 Å². The highest BCUT2D eigenvalue weighted by atomic mass is 32.1. The summed E-state index contributed by atoms with van der Waals surface area (Å²) in [6.07, 6.45) is 7.65. The Hall–Kier alpha value is -3.13. The second-order valence-corrected chi connectivity index (χ2v) is 9.99. The fourth-order valence-electron chi connectivity index (χ4n) is 4.01. The summed E-state index contributed by atoms with van der Waals surface area (Å²) >= 11 is 1.50. The number of hydrogen-bond acceptors (Lipinski definition) is 6. The van der Waals surface area contributed by atoms with E-state index in [4.69, 9.17) is 10.1 Å². The Morgan fingerprint density at radius 3 is 2.47 bits per heavy atom. The Labute approximate surface area is 191 Å². The molecular formula is C24H27N5O2S. The summed E-state index contributed by atoms with van der Waals surface area (Å²) < 4.78 is 1.88. The number of benzene rings is 1. The molecule has 1 aliphatic rings. The highest BCUT2D eigenvalue weighted by Crippen LogP contribution is 2.37. The first kappa shape index (κ1) is 22.1. The number of nitrogens with zero attached hydrogens (tertiary/aromatic N) is 5. The summed E-state index contributed by atoms with van der Waals surface area (Å²) in [6.45, 7) is 6.93. The zero-order valence-electron chi connectivity index (χ0n) is 18.6. The van der Waals surface area contributed by atoms with E-state index in [1.54, 1.807) is 24.5 Å². The van der Waals surface area contributed by atoms with Crippen molar-refractivity contribution in [2.24, 2.45) is 21.4 Å². The molecule has 0 amide bonds. The Morgan fingerprint density at radius 1 is 1.16 bits per heavy atom. The number of thiazole rings is 1. The molecule has 32 heavy (non-hydrogen) atoms. The molecule has 0 saturated heterocycles. The molecule has 166 valence electrons. The normalized spacial score (nSPS) is 17.4. The van der Waals surface area contributed by atoms with E-state index in [1.165, 1.54) is 29.2 Å². The molecule has 1 aliphatic carbocycles. The van der Waals surface area contributed by atoms with Crippen molar-refractivity contribution in [3.63, 3.8) is 0 Å². The third kappa shape index (κ3) is 5.02. The van der Waals surface area contributed by atoms with Gasteiger partial charge in [-0.1, -0.05) is 20.8 Å². The highest BCUT2D eigenvalue weighted by molar-refractivity contribution is 7.07. The van der Waals surface area contributed by atoms with Crippen LogP contribution in [0.3, 0.4) is 0 Å². The molecule has 8 heteroatoms. The molecule has 0 atom stereocenters. The Balaban J connectivity index is 1.74. The van der Waals surface area contributed by atoms with E-state index in [-0.39, 0.29) is 10.6 Å². The molecule has 1 saturated carbocycles. The van der Waals surface area contributed by atoms with Gasteiger partial charge in [0.25, 0.3) is 5.69 Å². The van der Waals surface area contributed by atoms with Crippen molar-refractivity contribution < 1.29 is 4.92 Å². The molecule has 2 aromatic heterocycles. The maximum absolute atomic E-state index is 11.0. The maximum atomic E-state index is 11.0. The average Bonchev–Trinajstić information content (AvgIpc) is 3.16. The second kappa shape index (κ2) is 9.16. The fraction of sp³-hybridized carbons (Fsp3) is 0.375. The number of hydrogen-bond donors (Lipinski definition) is 0. The van der Waals surface area contributed by atoms with E-state index in [0.717, 1.165) is 47.4 Å². The minimum absolute atomic E-state index is 0.0719. The van der Waals surface area contributed by atoms with Crippen molar-refractivity contribution in [1.29, 1.82) is 0 Å². The SMILES string of the molecule is CC(C)(C)C1CCC(=Nn2c(-c3ccc([N+](=O)[O-])cc3)csc2=Nc2cccnc2)CC1. The van der Waals surface area contributed by atoms with Crippen LogP contribution >= 0.6 is 11.3 Å². The molecule has 0 aliphatic heterocycles. The van der Waals surface area contributed by atoms with Crippen molar-refractivity contribution in [2.75, 3.05) is 0 Å². The predicted octanol–water partition coefficient (Wildman–Crippen LogP) is 6.19. The molecule has 7 nitrogen and oxygen atoms in total. The van der Waals surface area contributed by atoms with Crippen molar-refractivity contribution >= 4 is 28.4 Å². The maximum Gasteiger partial charge on any atom is 0.269 e. The lowest BCUT2D eigenvalue weighted by Crippen LogP contribution is -2.26. The molecular weight excluding hydrogens is 422 g/mol. The standard InChI is InChI=1S/C24H27N5O2S/c1-24(2,3)18-8-10-19(11-9-18)27-28-22(17-6-12-21(13-7-17)29(30)31)16-32-23(28)26-20-5-4-14-25-15-20/h4-7,12-16,18H,8-11H2,1-3H3. The zero-order chi connectivity index (χ0) is 22.7. The third-order valence-electron chi connectivity index (χ3n) is 5.96. The molecule has 0 unspecified atom stereocenters. The van der Waals surface area contributed by atoms with Gasteiger partial charge in [-0.15, -0.1) is 11.3 Å². The summed E-state index contributed by atoms with van der Waals surface area (Å²) in [5.74, 6) is 0.697. The van der Waals surface area contributed by atoms with Gasteiger partial charge in [-0.3, -0.25) is 15.1 Å². The van der Waals surface area contributed by atoms with Crippen LogP contribution < -0.4 is 4.80 Å². The number of non-ortho nitro benzene ring substituents is 1. The Kier molecular flexibility index (Phi) is 6.32. The minimum atomic E-state index is -0.386. The van der Waals surface area contributed by atoms with E-state index in [0.29, 0.717) is 11.3 Å². The van der Waals surface area contributed by atoms with Gasteiger partial charge in [0, 0.05) is 35.0 Å². The highest BCUT2D eigenvalue weighted by Gasteiger charge is 2.28. The van der Waals surface area contributed by atoms with Crippen molar-refractivity contribution in [3.05, 3.63) is 69.1 Å². The monoisotopic (exact) mass is 449 g/mol. The largest absolute Gasteiger partial charge is 0.269 e. The molecule has 1 fully saturated rings. The molecule has 2 heterocycles.